The third-order valence-electron chi connectivity index (χ3n) is 3.18. The van der Waals surface area contributed by atoms with Crippen LogP contribution in [-0.4, -0.2) is 28.7 Å². The highest BCUT2D eigenvalue weighted by atomic mass is 16.1. The molecule has 0 amide bonds. The molecule has 98 valence electrons. The second kappa shape index (κ2) is 5.80. The second-order valence-corrected chi connectivity index (χ2v) is 4.69. The second-order valence-electron chi connectivity index (χ2n) is 4.69. The van der Waals surface area contributed by atoms with Crippen LogP contribution in [0, 0.1) is 0 Å². The highest BCUT2D eigenvalue weighted by molar-refractivity contribution is 5.77. The maximum Gasteiger partial charge on any atom is 0.269 e. The maximum atomic E-state index is 11.9. The van der Waals surface area contributed by atoms with Crippen molar-refractivity contribution in [3.63, 3.8) is 0 Å². The average molecular weight is 249 g/mol. The summed E-state index contributed by atoms with van der Waals surface area (Å²) in [7, 11) is 0. The van der Waals surface area contributed by atoms with Gasteiger partial charge in [0.15, 0.2) is 5.78 Å². The van der Waals surface area contributed by atoms with Crippen LogP contribution in [0.5, 0.6) is 0 Å². The van der Waals surface area contributed by atoms with Gasteiger partial charge < -0.3 is 4.90 Å². The van der Waals surface area contributed by atoms with Crippen LogP contribution < -0.4 is 10.5 Å². The lowest BCUT2D eigenvalue weighted by molar-refractivity contribution is -0.119. The highest BCUT2D eigenvalue weighted by Crippen LogP contribution is 2.16. The molecule has 0 unspecified atom stereocenters. The predicted octanol–water partition coefficient (Wildman–Crippen LogP) is 1.21. The van der Waals surface area contributed by atoms with Crippen molar-refractivity contribution in [3.8, 4) is 0 Å². The maximum absolute atomic E-state index is 11.9. The SMILES string of the molecule is CCCC(=O)Cn1ncc(N2CCCC2)cc1=O. The fourth-order valence-corrected chi connectivity index (χ4v) is 2.22. The number of nitrogens with zero attached hydrogens (tertiary/aromatic N) is 3. The Kier molecular flexibility index (Phi) is 4.12. The summed E-state index contributed by atoms with van der Waals surface area (Å²) in [5.74, 6) is 0.0565. The fraction of sp³-hybridized carbons (Fsp3) is 0.615. The van der Waals surface area contributed by atoms with Crippen LogP contribution in [0.1, 0.15) is 32.6 Å². The molecule has 0 aliphatic carbocycles. The van der Waals surface area contributed by atoms with Gasteiger partial charge in [-0.2, -0.15) is 5.10 Å². The first kappa shape index (κ1) is 12.8. The van der Waals surface area contributed by atoms with Crippen molar-refractivity contribution in [2.75, 3.05) is 18.0 Å². The van der Waals surface area contributed by atoms with Gasteiger partial charge >= 0.3 is 0 Å². The summed E-state index contributed by atoms with van der Waals surface area (Å²) in [5, 5.41) is 4.09. The lowest BCUT2D eigenvalue weighted by atomic mass is 10.2. The van der Waals surface area contributed by atoms with Crippen molar-refractivity contribution in [1.29, 1.82) is 0 Å². The molecule has 1 saturated heterocycles. The molecule has 5 heteroatoms. The normalized spacial score (nSPS) is 15.1. The van der Waals surface area contributed by atoms with Gasteiger partial charge in [0.25, 0.3) is 5.56 Å². The molecule has 5 nitrogen and oxygen atoms in total. The molecule has 1 aliphatic rings. The molecule has 2 rings (SSSR count). The third kappa shape index (κ3) is 2.97. The largest absolute Gasteiger partial charge is 0.370 e. The van der Waals surface area contributed by atoms with Crippen LogP contribution in [0.25, 0.3) is 0 Å². The van der Waals surface area contributed by atoms with E-state index in [-0.39, 0.29) is 17.9 Å². The van der Waals surface area contributed by atoms with E-state index in [0.29, 0.717) is 6.42 Å². The number of hydrogen-bond donors (Lipinski definition) is 0. The third-order valence-corrected chi connectivity index (χ3v) is 3.18. The van der Waals surface area contributed by atoms with Gasteiger partial charge in [-0.25, -0.2) is 4.68 Å². The summed E-state index contributed by atoms with van der Waals surface area (Å²) in [5.41, 5.74) is 0.681. The van der Waals surface area contributed by atoms with E-state index in [0.717, 1.165) is 38.0 Å². The van der Waals surface area contributed by atoms with Crippen molar-refractivity contribution in [1.82, 2.24) is 9.78 Å². The number of Topliss-reactive ketones (excluding diaryl/α,β-unsaturated/α-hetero) is 1. The molecule has 0 spiro atoms. The van der Waals surface area contributed by atoms with Gasteiger partial charge in [-0.15, -0.1) is 0 Å². The number of carbonyl (C=O) groups excluding carboxylic acids is 1. The average Bonchev–Trinajstić information content (AvgIpc) is 2.85. The van der Waals surface area contributed by atoms with Gasteiger partial charge in [-0.05, 0) is 19.3 Å². The van der Waals surface area contributed by atoms with E-state index in [1.54, 1.807) is 12.3 Å². The Hall–Kier alpha value is -1.65. The van der Waals surface area contributed by atoms with Gasteiger partial charge in [0, 0.05) is 25.6 Å². The molecule has 1 aromatic rings. The van der Waals surface area contributed by atoms with Gasteiger partial charge in [0.2, 0.25) is 0 Å². The Bertz CT molecular complexity index is 475. The smallest absolute Gasteiger partial charge is 0.269 e. The first-order valence-electron chi connectivity index (χ1n) is 6.54. The topological polar surface area (TPSA) is 55.2 Å². The monoisotopic (exact) mass is 249 g/mol. The van der Waals surface area contributed by atoms with Crippen LogP contribution in [0.2, 0.25) is 0 Å². The molecule has 0 radical (unpaired) electrons. The summed E-state index contributed by atoms with van der Waals surface area (Å²) in [6, 6.07) is 1.58. The van der Waals surface area contributed by atoms with Crippen molar-refractivity contribution in [2.45, 2.75) is 39.2 Å². The summed E-state index contributed by atoms with van der Waals surface area (Å²) < 4.78 is 1.25. The number of anilines is 1. The number of carbonyl (C=O) groups is 1. The number of rotatable bonds is 5. The predicted molar refractivity (Wildman–Crippen MR) is 69.9 cm³/mol. The zero-order valence-corrected chi connectivity index (χ0v) is 10.8. The Morgan fingerprint density at radius 2 is 2.11 bits per heavy atom. The molecule has 0 N–H and O–H groups in total. The Morgan fingerprint density at radius 3 is 2.72 bits per heavy atom. The molecular formula is C13H19N3O2. The fourth-order valence-electron chi connectivity index (χ4n) is 2.22. The Labute approximate surface area is 106 Å². The number of aromatic nitrogens is 2. The summed E-state index contributed by atoms with van der Waals surface area (Å²) >= 11 is 0. The van der Waals surface area contributed by atoms with Gasteiger partial charge in [-0.3, -0.25) is 9.59 Å². The minimum absolute atomic E-state index is 0.0565. The number of hydrogen-bond acceptors (Lipinski definition) is 4. The van der Waals surface area contributed by atoms with Crippen molar-refractivity contribution in [3.05, 3.63) is 22.6 Å². The summed E-state index contributed by atoms with van der Waals surface area (Å²) in [4.78, 5) is 25.5. The Morgan fingerprint density at radius 1 is 1.39 bits per heavy atom. The van der Waals surface area contributed by atoms with Crippen LogP contribution in [0.4, 0.5) is 5.69 Å². The molecular weight excluding hydrogens is 230 g/mol. The number of ketones is 1. The van der Waals surface area contributed by atoms with E-state index in [4.69, 9.17) is 0 Å². The van der Waals surface area contributed by atoms with E-state index in [9.17, 15) is 9.59 Å². The molecule has 0 saturated carbocycles. The molecule has 1 aliphatic heterocycles. The van der Waals surface area contributed by atoms with Crippen LogP contribution in [0.15, 0.2) is 17.1 Å². The lowest BCUT2D eigenvalue weighted by Gasteiger charge is -2.16. The first-order chi connectivity index (χ1) is 8.70. The minimum Gasteiger partial charge on any atom is -0.370 e. The van der Waals surface area contributed by atoms with Crippen molar-refractivity contribution < 1.29 is 4.79 Å². The lowest BCUT2D eigenvalue weighted by Crippen LogP contribution is -2.28. The van der Waals surface area contributed by atoms with E-state index in [1.165, 1.54) is 4.68 Å². The van der Waals surface area contributed by atoms with E-state index >= 15 is 0 Å². The molecule has 0 aromatic carbocycles. The molecule has 0 bridgehead atoms. The molecule has 1 aromatic heterocycles. The molecule has 18 heavy (non-hydrogen) atoms. The standard InChI is InChI=1S/C13H19N3O2/c1-2-5-12(17)10-16-13(18)8-11(9-14-16)15-6-3-4-7-15/h8-9H,2-7,10H2,1H3. The van der Waals surface area contributed by atoms with Gasteiger partial charge in [0.05, 0.1) is 11.9 Å². The van der Waals surface area contributed by atoms with Gasteiger partial charge in [-0.1, -0.05) is 6.92 Å². The van der Waals surface area contributed by atoms with Crippen LogP contribution in [-0.2, 0) is 11.3 Å². The minimum atomic E-state index is -0.191. The van der Waals surface area contributed by atoms with Crippen molar-refractivity contribution in [2.24, 2.45) is 0 Å². The summed E-state index contributed by atoms with van der Waals surface area (Å²) in [6.07, 6.45) is 5.32. The van der Waals surface area contributed by atoms with E-state index in [1.807, 2.05) is 6.92 Å². The van der Waals surface area contributed by atoms with E-state index in [2.05, 4.69) is 10.00 Å². The van der Waals surface area contributed by atoms with Gasteiger partial charge in [0.1, 0.15) is 6.54 Å². The molecule has 0 atom stereocenters. The quantitative estimate of drug-likeness (QED) is 0.787. The zero-order valence-electron chi connectivity index (χ0n) is 10.8. The van der Waals surface area contributed by atoms with E-state index < -0.39 is 0 Å². The van der Waals surface area contributed by atoms with Crippen LogP contribution in [0.3, 0.4) is 0 Å². The highest BCUT2D eigenvalue weighted by Gasteiger charge is 2.14. The molecule has 2 heterocycles. The van der Waals surface area contributed by atoms with Crippen molar-refractivity contribution >= 4 is 11.5 Å². The first-order valence-corrected chi connectivity index (χ1v) is 6.54. The Balaban J connectivity index is 2.10. The van der Waals surface area contributed by atoms with Crippen LogP contribution >= 0.6 is 0 Å². The zero-order chi connectivity index (χ0) is 13.0. The summed E-state index contributed by atoms with van der Waals surface area (Å²) in [6.45, 7) is 4.01. The molecule has 1 fully saturated rings.